The monoisotopic (exact) mass is 271 g/mol. The molecule has 0 atom stereocenters. The van der Waals surface area contributed by atoms with Gasteiger partial charge >= 0.3 is 5.97 Å². The Hall–Kier alpha value is -1.86. The van der Waals surface area contributed by atoms with Crippen molar-refractivity contribution in [2.24, 2.45) is 0 Å². The number of aromatic carboxylic acids is 1. The van der Waals surface area contributed by atoms with E-state index in [4.69, 9.17) is 19.3 Å². The van der Waals surface area contributed by atoms with Crippen molar-refractivity contribution in [1.82, 2.24) is 4.57 Å². The quantitative estimate of drug-likeness (QED) is 0.680. The van der Waals surface area contributed by atoms with Gasteiger partial charge < -0.3 is 23.9 Å². The molecule has 0 amide bonds. The van der Waals surface area contributed by atoms with Crippen molar-refractivity contribution in [3.8, 4) is 5.75 Å². The van der Waals surface area contributed by atoms with E-state index in [1.54, 1.807) is 7.11 Å². The van der Waals surface area contributed by atoms with Crippen molar-refractivity contribution in [2.45, 2.75) is 6.54 Å². The van der Waals surface area contributed by atoms with Crippen LogP contribution in [0.4, 0.5) is 0 Å². The number of nitrogens with zero attached hydrogens (tertiary/aromatic N) is 1. The highest BCUT2D eigenvalue weighted by molar-refractivity contribution is 5.85. The molecular formula is C12H17NO6. The first kappa shape index (κ1) is 15.2. The van der Waals surface area contributed by atoms with Crippen LogP contribution in [0.5, 0.6) is 5.75 Å². The summed E-state index contributed by atoms with van der Waals surface area (Å²) in [5.74, 6) is -1.07. The number of hydrogen-bond donors (Lipinski definition) is 1. The number of methoxy groups -OCH3 is 2. The summed E-state index contributed by atoms with van der Waals surface area (Å²) in [6.07, 6.45) is 1.37. The van der Waals surface area contributed by atoms with Gasteiger partial charge in [0.2, 0.25) is 5.43 Å². The molecule has 0 aliphatic rings. The second kappa shape index (κ2) is 7.55. The molecule has 1 heterocycles. The van der Waals surface area contributed by atoms with Crippen LogP contribution in [0.2, 0.25) is 0 Å². The van der Waals surface area contributed by atoms with E-state index in [9.17, 15) is 9.59 Å². The van der Waals surface area contributed by atoms with Crippen LogP contribution >= 0.6 is 0 Å². The number of carboxylic acid groups (broad SMARTS) is 1. The van der Waals surface area contributed by atoms with Crippen molar-refractivity contribution in [1.29, 1.82) is 0 Å². The lowest BCUT2D eigenvalue weighted by atomic mass is 10.3. The van der Waals surface area contributed by atoms with Crippen molar-refractivity contribution in [3.63, 3.8) is 0 Å². The summed E-state index contributed by atoms with van der Waals surface area (Å²) in [6, 6.07) is 1.04. The first-order valence-corrected chi connectivity index (χ1v) is 5.68. The Balaban J connectivity index is 2.79. The third-order valence-electron chi connectivity index (χ3n) is 2.44. The van der Waals surface area contributed by atoms with Gasteiger partial charge in [-0.15, -0.1) is 0 Å². The molecule has 0 unspecified atom stereocenters. The molecule has 0 aliphatic heterocycles. The second-order valence-corrected chi connectivity index (χ2v) is 3.70. The summed E-state index contributed by atoms with van der Waals surface area (Å²) in [5.41, 5.74) is -0.558. The number of hydrogen-bond acceptors (Lipinski definition) is 5. The van der Waals surface area contributed by atoms with Crippen LogP contribution in [0.25, 0.3) is 0 Å². The molecule has 106 valence electrons. The van der Waals surface area contributed by atoms with Gasteiger partial charge in [0.25, 0.3) is 0 Å². The molecule has 7 heteroatoms. The SMILES string of the molecule is COCCOCCn1cc(OC)c(=O)cc1C(=O)O. The van der Waals surface area contributed by atoms with E-state index in [0.29, 0.717) is 26.4 Å². The predicted octanol–water partition coefficient (Wildman–Crippen LogP) is 0.218. The Morgan fingerprint density at radius 3 is 2.63 bits per heavy atom. The summed E-state index contributed by atoms with van der Waals surface area (Å²) >= 11 is 0. The van der Waals surface area contributed by atoms with Gasteiger partial charge in [-0.05, 0) is 0 Å². The zero-order valence-corrected chi connectivity index (χ0v) is 10.9. The lowest BCUT2D eigenvalue weighted by Crippen LogP contribution is -2.20. The topological polar surface area (TPSA) is 87.0 Å². The maximum Gasteiger partial charge on any atom is 0.352 e. The lowest BCUT2D eigenvalue weighted by Gasteiger charge is -2.12. The number of pyridine rings is 1. The van der Waals surface area contributed by atoms with Gasteiger partial charge in [-0.2, -0.15) is 0 Å². The van der Waals surface area contributed by atoms with Crippen LogP contribution in [0.15, 0.2) is 17.1 Å². The molecule has 0 radical (unpaired) electrons. The lowest BCUT2D eigenvalue weighted by molar-refractivity contribution is 0.0625. The summed E-state index contributed by atoms with van der Waals surface area (Å²) in [7, 11) is 2.93. The normalized spacial score (nSPS) is 10.4. The van der Waals surface area contributed by atoms with Crippen LogP contribution in [-0.2, 0) is 16.0 Å². The molecule has 1 rings (SSSR count). The summed E-state index contributed by atoms with van der Waals surface area (Å²) in [4.78, 5) is 22.5. The number of carbonyl (C=O) groups is 1. The molecule has 1 aromatic heterocycles. The molecule has 0 bridgehead atoms. The second-order valence-electron chi connectivity index (χ2n) is 3.70. The van der Waals surface area contributed by atoms with E-state index in [1.165, 1.54) is 17.9 Å². The fraction of sp³-hybridized carbons (Fsp3) is 0.500. The van der Waals surface area contributed by atoms with Gasteiger partial charge in [-0.1, -0.05) is 0 Å². The van der Waals surface area contributed by atoms with Crippen molar-refractivity contribution in [3.05, 3.63) is 28.2 Å². The van der Waals surface area contributed by atoms with Gasteiger partial charge in [0.15, 0.2) is 5.75 Å². The fourth-order valence-corrected chi connectivity index (χ4v) is 1.48. The fourth-order valence-electron chi connectivity index (χ4n) is 1.48. The molecule has 1 N–H and O–H groups in total. The standard InChI is InChI=1S/C12H17NO6/c1-17-5-6-19-4-3-13-8-11(18-2)10(14)7-9(13)12(15)16/h7-8H,3-6H2,1-2H3,(H,15,16). The molecule has 0 aliphatic carbocycles. The smallest absolute Gasteiger partial charge is 0.352 e. The zero-order valence-electron chi connectivity index (χ0n) is 10.9. The average molecular weight is 271 g/mol. The Bertz CT molecular complexity index is 482. The maximum atomic E-state index is 11.5. The third-order valence-corrected chi connectivity index (χ3v) is 2.44. The van der Waals surface area contributed by atoms with Crippen molar-refractivity contribution < 1.29 is 24.1 Å². The van der Waals surface area contributed by atoms with Gasteiger partial charge in [0.1, 0.15) is 5.69 Å². The van der Waals surface area contributed by atoms with E-state index in [-0.39, 0.29) is 11.4 Å². The van der Waals surface area contributed by atoms with Gasteiger partial charge in [0, 0.05) is 19.7 Å². The Morgan fingerprint density at radius 1 is 1.32 bits per heavy atom. The van der Waals surface area contributed by atoms with Crippen LogP contribution in [0.1, 0.15) is 10.5 Å². The number of aromatic nitrogens is 1. The van der Waals surface area contributed by atoms with Gasteiger partial charge in [-0.3, -0.25) is 4.79 Å². The molecule has 0 spiro atoms. The van der Waals surface area contributed by atoms with E-state index >= 15 is 0 Å². The first-order valence-electron chi connectivity index (χ1n) is 5.68. The minimum Gasteiger partial charge on any atom is -0.491 e. The van der Waals surface area contributed by atoms with Crippen molar-refractivity contribution >= 4 is 5.97 Å². The van der Waals surface area contributed by atoms with Crippen molar-refractivity contribution in [2.75, 3.05) is 34.0 Å². The molecule has 0 aromatic carbocycles. The minimum absolute atomic E-state index is 0.0962. The number of rotatable bonds is 8. The zero-order chi connectivity index (χ0) is 14.3. The molecule has 0 saturated heterocycles. The molecule has 0 fully saturated rings. The van der Waals surface area contributed by atoms with Crippen LogP contribution < -0.4 is 10.2 Å². The molecule has 7 nitrogen and oxygen atoms in total. The largest absolute Gasteiger partial charge is 0.491 e. The highest BCUT2D eigenvalue weighted by Gasteiger charge is 2.12. The highest BCUT2D eigenvalue weighted by Crippen LogP contribution is 2.06. The van der Waals surface area contributed by atoms with E-state index < -0.39 is 11.4 Å². The Kier molecular flexibility index (Phi) is 6.04. The maximum absolute atomic E-state index is 11.5. The molecule has 1 aromatic rings. The molecule has 0 saturated carbocycles. The van der Waals surface area contributed by atoms with Gasteiger partial charge in [-0.25, -0.2) is 4.79 Å². The number of carboxylic acids is 1. The summed E-state index contributed by atoms with van der Waals surface area (Å²) in [5, 5.41) is 9.03. The van der Waals surface area contributed by atoms with Crippen LogP contribution in [0, 0.1) is 0 Å². The highest BCUT2D eigenvalue weighted by atomic mass is 16.5. The molecular weight excluding hydrogens is 254 g/mol. The average Bonchev–Trinajstić information content (AvgIpc) is 2.39. The summed E-state index contributed by atoms with van der Waals surface area (Å²) < 4.78 is 16.4. The van der Waals surface area contributed by atoms with E-state index in [1.807, 2.05) is 0 Å². The first-order chi connectivity index (χ1) is 9.10. The predicted molar refractivity (Wildman–Crippen MR) is 66.9 cm³/mol. The Labute approximate surface area is 110 Å². The summed E-state index contributed by atoms with van der Waals surface area (Å²) in [6.45, 7) is 1.52. The van der Waals surface area contributed by atoms with Crippen LogP contribution in [-0.4, -0.2) is 49.7 Å². The van der Waals surface area contributed by atoms with Gasteiger partial charge in [0.05, 0.1) is 33.1 Å². The van der Waals surface area contributed by atoms with Crippen LogP contribution in [0.3, 0.4) is 0 Å². The minimum atomic E-state index is -1.17. The molecule has 19 heavy (non-hydrogen) atoms. The number of ether oxygens (including phenoxy) is 3. The third kappa shape index (κ3) is 4.38. The van der Waals surface area contributed by atoms with E-state index in [2.05, 4.69) is 0 Å². The Morgan fingerprint density at radius 2 is 2.05 bits per heavy atom. The van der Waals surface area contributed by atoms with E-state index in [0.717, 1.165) is 6.07 Å².